The summed E-state index contributed by atoms with van der Waals surface area (Å²) in [6, 6.07) is -0.0407. The summed E-state index contributed by atoms with van der Waals surface area (Å²) in [6.45, 7) is 16.2. The molecule has 0 radical (unpaired) electrons. The van der Waals surface area contributed by atoms with Crippen molar-refractivity contribution in [1.82, 2.24) is 41.3 Å². The molecule has 3 rings (SSSR count). The van der Waals surface area contributed by atoms with E-state index in [1.54, 1.807) is 19.1 Å². The summed E-state index contributed by atoms with van der Waals surface area (Å²) in [5, 5.41) is 36.1. The van der Waals surface area contributed by atoms with Gasteiger partial charge in [0.25, 0.3) is 0 Å². The highest BCUT2D eigenvalue weighted by Gasteiger charge is 2.41. The SMILES string of the molecule is CCC(C)CC(C)CCCCCCCCC(=O)NC(CCCNC)C(=O)NC(CC)C(=O)N1CCCC1C(=O)NC(C(=O)NC(CCCN(CC)CC)C(=O)N1CCCC1C=O)C(O)Cc1ccc(O)cc1. The van der Waals surface area contributed by atoms with Crippen molar-refractivity contribution in [2.75, 3.05) is 46.3 Å². The van der Waals surface area contributed by atoms with Crippen molar-refractivity contribution >= 4 is 41.7 Å². The lowest BCUT2D eigenvalue weighted by Crippen LogP contribution is -2.61. The lowest BCUT2D eigenvalue weighted by molar-refractivity contribution is -0.143. The van der Waals surface area contributed by atoms with Gasteiger partial charge in [0.1, 0.15) is 42.2 Å². The molecule has 2 heterocycles. The maximum atomic E-state index is 14.4. The summed E-state index contributed by atoms with van der Waals surface area (Å²) < 4.78 is 0. The van der Waals surface area contributed by atoms with Gasteiger partial charge in [0.2, 0.25) is 35.4 Å². The molecule has 0 saturated carbocycles. The fourth-order valence-electron chi connectivity index (χ4n) is 10.2. The third kappa shape index (κ3) is 21.1. The van der Waals surface area contributed by atoms with Crippen LogP contribution < -0.4 is 26.6 Å². The van der Waals surface area contributed by atoms with Gasteiger partial charge in [-0.25, -0.2) is 0 Å². The van der Waals surface area contributed by atoms with Crippen molar-refractivity contribution in [2.24, 2.45) is 11.8 Å². The molecular formula is C55H94N8O9. The topological polar surface area (TPSA) is 230 Å². The first-order chi connectivity index (χ1) is 34.6. The molecule has 0 aliphatic carbocycles. The zero-order valence-corrected chi connectivity index (χ0v) is 45.1. The van der Waals surface area contributed by atoms with E-state index in [-0.39, 0.29) is 43.9 Å². The van der Waals surface area contributed by atoms with Crippen molar-refractivity contribution in [3.8, 4) is 5.75 Å². The first-order valence-electron chi connectivity index (χ1n) is 27.7. The van der Waals surface area contributed by atoms with E-state index in [0.29, 0.717) is 70.1 Å². The predicted molar refractivity (Wildman–Crippen MR) is 282 cm³/mol. The number of aldehydes is 1. The number of carbonyl (C=O) groups excluding carboxylic acids is 7. The van der Waals surface area contributed by atoms with E-state index >= 15 is 0 Å². The molecular weight excluding hydrogens is 917 g/mol. The maximum absolute atomic E-state index is 14.4. The fourth-order valence-corrected chi connectivity index (χ4v) is 10.2. The monoisotopic (exact) mass is 1010 g/mol. The number of aliphatic hydroxyl groups excluding tert-OH is 1. The van der Waals surface area contributed by atoms with Crippen LogP contribution in [-0.2, 0) is 40.0 Å². The molecule has 408 valence electrons. The largest absolute Gasteiger partial charge is 0.508 e. The van der Waals surface area contributed by atoms with Crippen LogP contribution in [0, 0.1) is 11.8 Å². The van der Waals surface area contributed by atoms with Crippen LogP contribution >= 0.6 is 0 Å². The van der Waals surface area contributed by atoms with Crippen LogP contribution in [0.3, 0.4) is 0 Å². The molecule has 9 atom stereocenters. The number of nitrogens with zero attached hydrogens (tertiary/aromatic N) is 3. The van der Waals surface area contributed by atoms with Gasteiger partial charge in [0.05, 0.1) is 12.1 Å². The minimum absolute atomic E-state index is 0.0125. The molecule has 17 nitrogen and oxygen atoms in total. The number of aliphatic hydroxyl groups is 1. The minimum atomic E-state index is -1.57. The molecule has 6 amide bonds. The van der Waals surface area contributed by atoms with Gasteiger partial charge in [0.15, 0.2) is 0 Å². The number of rotatable bonds is 36. The Kier molecular flexibility index (Phi) is 29.1. The number of hydrogen-bond donors (Lipinski definition) is 7. The van der Waals surface area contributed by atoms with Gasteiger partial charge in [-0.05, 0) is 133 Å². The highest BCUT2D eigenvalue weighted by molar-refractivity contribution is 5.97. The summed E-state index contributed by atoms with van der Waals surface area (Å²) in [7, 11) is 1.81. The standard InChI is InChI=1S/C55H94N8O9/c1-8-39(5)36-40(6)22-16-14-12-13-15-17-27-49(67)57-45(24-18-32-56-7)51(68)58-44(9-2)54(71)63-35-21-26-47(63)52(69)60-50(48(66)37-41-28-30-43(65)31-29-41)53(70)59-46(25-20-33-61(10-3)11-4)55(72)62-34-19-23-42(62)38-64/h28-31,38-40,42,44-48,50,56,65-66H,8-27,32-37H2,1-7H3,(H,57,67)(H,58,68)(H,59,70)(H,60,69). The number of likely N-dealkylation sites (tertiary alicyclic amines) is 2. The molecule has 1 aromatic carbocycles. The van der Waals surface area contributed by atoms with Crippen LogP contribution in [0.2, 0.25) is 0 Å². The Morgan fingerprint density at radius 2 is 1.33 bits per heavy atom. The van der Waals surface area contributed by atoms with Crippen molar-refractivity contribution in [3.63, 3.8) is 0 Å². The lowest BCUT2D eigenvalue weighted by Gasteiger charge is -2.32. The quantitative estimate of drug-likeness (QED) is 0.0344. The number of benzene rings is 1. The second-order valence-corrected chi connectivity index (χ2v) is 20.6. The lowest BCUT2D eigenvalue weighted by atomic mass is 9.91. The molecule has 0 spiro atoms. The summed E-state index contributed by atoms with van der Waals surface area (Å²) >= 11 is 0. The smallest absolute Gasteiger partial charge is 0.245 e. The van der Waals surface area contributed by atoms with E-state index in [1.165, 1.54) is 54.0 Å². The summed E-state index contributed by atoms with van der Waals surface area (Å²) in [5.41, 5.74) is 0.573. The molecule has 0 aromatic heterocycles. The highest BCUT2D eigenvalue weighted by atomic mass is 16.3. The van der Waals surface area contributed by atoms with E-state index in [0.717, 1.165) is 56.9 Å². The highest BCUT2D eigenvalue weighted by Crippen LogP contribution is 2.23. The zero-order chi connectivity index (χ0) is 53.0. The first kappa shape index (κ1) is 61.7. The second-order valence-electron chi connectivity index (χ2n) is 20.6. The summed E-state index contributed by atoms with van der Waals surface area (Å²) in [6.07, 6.45) is 13.4. The van der Waals surface area contributed by atoms with Crippen LogP contribution in [0.1, 0.15) is 169 Å². The third-order valence-corrected chi connectivity index (χ3v) is 14.8. The molecule has 17 heteroatoms. The van der Waals surface area contributed by atoms with Crippen LogP contribution in [0.25, 0.3) is 0 Å². The van der Waals surface area contributed by atoms with E-state index < -0.39 is 71.9 Å². The molecule has 7 N–H and O–H groups in total. The molecule has 1 aromatic rings. The number of carbonyl (C=O) groups is 7. The van der Waals surface area contributed by atoms with Crippen LogP contribution in [0.4, 0.5) is 0 Å². The number of hydrogen-bond acceptors (Lipinski definition) is 11. The number of amides is 6. The zero-order valence-electron chi connectivity index (χ0n) is 45.1. The van der Waals surface area contributed by atoms with Gasteiger partial charge >= 0.3 is 0 Å². The number of nitrogens with one attached hydrogen (secondary N) is 5. The molecule has 9 unspecified atom stereocenters. The molecule has 2 aliphatic heterocycles. The summed E-state index contributed by atoms with van der Waals surface area (Å²) in [5.74, 6) is -1.52. The molecule has 72 heavy (non-hydrogen) atoms. The Hall–Kier alpha value is -4.61. The van der Waals surface area contributed by atoms with Gasteiger partial charge in [-0.3, -0.25) is 28.8 Å². The van der Waals surface area contributed by atoms with Gasteiger partial charge in [-0.1, -0.05) is 98.6 Å². The van der Waals surface area contributed by atoms with Crippen LogP contribution in [-0.4, -0.2) is 155 Å². The van der Waals surface area contributed by atoms with E-state index in [9.17, 15) is 43.8 Å². The van der Waals surface area contributed by atoms with Crippen LogP contribution in [0.5, 0.6) is 5.75 Å². The van der Waals surface area contributed by atoms with Crippen molar-refractivity contribution in [1.29, 1.82) is 0 Å². The van der Waals surface area contributed by atoms with Gasteiger partial charge in [-0.15, -0.1) is 0 Å². The fraction of sp³-hybridized carbons (Fsp3) is 0.764. The third-order valence-electron chi connectivity index (χ3n) is 14.8. The number of phenolic OH excluding ortho intramolecular Hbond substituents is 1. The van der Waals surface area contributed by atoms with E-state index in [4.69, 9.17) is 0 Å². The maximum Gasteiger partial charge on any atom is 0.245 e. The Bertz CT molecular complexity index is 1800. The molecule has 0 bridgehead atoms. The Balaban J connectivity index is 1.71. The van der Waals surface area contributed by atoms with Crippen molar-refractivity contribution in [2.45, 2.75) is 212 Å². The van der Waals surface area contributed by atoms with E-state index in [2.05, 4.69) is 52.3 Å². The number of aromatic hydroxyl groups is 1. The predicted octanol–water partition coefficient (Wildman–Crippen LogP) is 5.14. The molecule has 2 aliphatic rings. The van der Waals surface area contributed by atoms with Crippen molar-refractivity contribution in [3.05, 3.63) is 29.8 Å². The van der Waals surface area contributed by atoms with E-state index in [1.807, 2.05) is 20.9 Å². The van der Waals surface area contributed by atoms with Gasteiger partial charge in [0, 0.05) is 25.9 Å². The Labute approximate surface area is 431 Å². The Morgan fingerprint density at radius 1 is 0.708 bits per heavy atom. The number of phenols is 1. The normalized spacial score (nSPS) is 18.7. The molecule has 2 saturated heterocycles. The summed E-state index contributed by atoms with van der Waals surface area (Å²) in [4.78, 5) is 101. The first-order valence-corrected chi connectivity index (χ1v) is 27.7. The number of unbranched alkanes of at least 4 members (excludes halogenated alkanes) is 5. The van der Waals surface area contributed by atoms with Crippen LogP contribution in [0.15, 0.2) is 24.3 Å². The van der Waals surface area contributed by atoms with Gasteiger partial charge in [-0.2, -0.15) is 0 Å². The second kappa shape index (κ2) is 34.0. The molecule has 2 fully saturated rings. The Morgan fingerprint density at radius 3 is 1.99 bits per heavy atom. The van der Waals surface area contributed by atoms with Gasteiger partial charge < -0.3 is 56.3 Å². The average molecular weight is 1010 g/mol. The minimum Gasteiger partial charge on any atom is -0.508 e. The van der Waals surface area contributed by atoms with Crippen molar-refractivity contribution < 1.29 is 43.8 Å². The average Bonchev–Trinajstić information content (AvgIpc) is 4.07.